The smallest absolute Gasteiger partial charge is 0.254 e. The van der Waals surface area contributed by atoms with Crippen molar-refractivity contribution in [2.45, 2.75) is 51.9 Å². The molecule has 1 fully saturated rings. The van der Waals surface area contributed by atoms with Gasteiger partial charge in [-0.2, -0.15) is 5.10 Å². The zero-order valence-electron chi connectivity index (χ0n) is 15.2. The van der Waals surface area contributed by atoms with Gasteiger partial charge < -0.3 is 14.5 Å². The molecule has 0 bridgehead atoms. The van der Waals surface area contributed by atoms with Crippen LogP contribution in [0.2, 0.25) is 0 Å². The van der Waals surface area contributed by atoms with Gasteiger partial charge in [0.1, 0.15) is 6.26 Å². The van der Waals surface area contributed by atoms with Crippen molar-refractivity contribution in [2.24, 2.45) is 0 Å². The third-order valence-corrected chi connectivity index (χ3v) is 5.28. The van der Waals surface area contributed by atoms with Crippen LogP contribution in [0, 0.1) is 0 Å². The Bertz CT molecular complexity index is 753. The van der Waals surface area contributed by atoms with Gasteiger partial charge in [0, 0.05) is 43.4 Å². The molecule has 1 amide bonds. The monoisotopic (exact) mass is 358 g/mol. The summed E-state index contributed by atoms with van der Waals surface area (Å²) in [4.78, 5) is 14.6. The average Bonchev–Trinajstić information content (AvgIpc) is 3.31. The first-order valence-electron chi connectivity index (χ1n) is 9.45. The molecule has 140 valence electrons. The Morgan fingerprint density at radius 1 is 1.46 bits per heavy atom. The first-order chi connectivity index (χ1) is 12.7. The molecule has 0 saturated carbocycles. The van der Waals surface area contributed by atoms with Crippen molar-refractivity contribution in [1.82, 2.24) is 20.0 Å². The lowest BCUT2D eigenvalue weighted by atomic mass is 10.0. The van der Waals surface area contributed by atoms with Crippen LogP contribution in [0.25, 0.3) is 0 Å². The number of furan rings is 1. The summed E-state index contributed by atoms with van der Waals surface area (Å²) in [7, 11) is 0. The van der Waals surface area contributed by atoms with E-state index < -0.39 is 0 Å². The summed E-state index contributed by atoms with van der Waals surface area (Å²) >= 11 is 0. The number of fused-ring (bicyclic) bond motifs is 1. The molecule has 1 saturated heterocycles. The van der Waals surface area contributed by atoms with Gasteiger partial charge in [-0.05, 0) is 32.4 Å². The summed E-state index contributed by atoms with van der Waals surface area (Å²) in [6, 6.07) is 1.85. The highest BCUT2D eigenvalue weighted by Gasteiger charge is 2.26. The summed E-state index contributed by atoms with van der Waals surface area (Å²) in [6.45, 7) is 7.17. The van der Waals surface area contributed by atoms with Crippen LogP contribution in [0.15, 0.2) is 23.0 Å². The van der Waals surface area contributed by atoms with Crippen LogP contribution in [-0.2, 0) is 30.9 Å². The van der Waals surface area contributed by atoms with Gasteiger partial charge in [0.05, 0.1) is 30.7 Å². The van der Waals surface area contributed by atoms with Gasteiger partial charge in [-0.25, -0.2) is 0 Å². The number of rotatable bonds is 5. The molecular formula is C19H26N4O3. The minimum atomic E-state index is -0.0633. The molecule has 26 heavy (non-hydrogen) atoms. The fourth-order valence-electron chi connectivity index (χ4n) is 3.96. The lowest BCUT2D eigenvalue weighted by Crippen LogP contribution is -2.47. The van der Waals surface area contributed by atoms with Crippen LogP contribution in [0.3, 0.4) is 0 Å². The number of aromatic nitrogens is 2. The Kier molecular flexibility index (Phi) is 5.08. The van der Waals surface area contributed by atoms with Gasteiger partial charge >= 0.3 is 0 Å². The van der Waals surface area contributed by atoms with Crippen molar-refractivity contribution >= 4 is 5.91 Å². The molecule has 0 aliphatic carbocycles. The third kappa shape index (κ3) is 3.54. The molecule has 2 aliphatic heterocycles. The number of piperidine rings is 1. The van der Waals surface area contributed by atoms with Crippen molar-refractivity contribution in [2.75, 3.05) is 19.7 Å². The summed E-state index contributed by atoms with van der Waals surface area (Å²) < 4.78 is 12.8. The fraction of sp³-hybridized carbons (Fsp3) is 0.579. The molecule has 1 atom stereocenters. The van der Waals surface area contributed by atoms with E-state index >= 15 is 0 Å². The number of nitrogens with zero attached hydrogens (tertiary/aromatic N) is 3. The van der Waals surface area contributed by atoms with E-state index in [2.05, 4.69) is 21.8 Å². The molecular weight excluding hydrogens is 332 g/mol. The van der Waals surface area contributed by atoms with Crippen molar-refractivity contribution in [3.05, 3.63) is 41.1 Å². The van der Waals surface area contributed by atoms with Crippen LogP contribution in [0.5, 0.6) is 0 Å². The largest absolute Gasteiger partial charge is 0.472 e. The number of carbonyl (C=O) groups excluding carboxylic acids is 1. The molecule has 2 aromatic heterocycles. The van der Waals surface area contributed by atoms with Gasteiger partial charge in [0.15, 0.2) is 0 Å². The lowest BCUT2D eigenvalue weighted by molar-refractivity contribution is 0.0897. The van der Waals surface area contributed by atoms with Gasteiger partial charge in [0.2, 0.25) is 0 Å². The summed E-state index contributed by atoms with van der Waals surface area (Å²) in [6.07, 6.45) is 6.03. The Balaban J connectivity index is 1.41. The first-order valence-corrected chi connectivity index (χ1v) is 9.45. The number of hydrogen-bond donors (Lipinski definition) is 1. The predicted octanol–water partition coefficient (Wildman–Crippen LogP) is 1.96. The van der Waals surface area contributed by atoms with E-state index in [1.807, 2.05) is 0 Å². The second-order valence-corrected chi connectivity index (χ2v) is 7.05. The molecule has 0 aromatic carbocycles. The van der Waals surface area contributed by atoms with E-state index in [0.717, 1.165) is 57.7 Å². The second-order valence-electron chi connectivity index (χ2n) is 7.05. The minimum Gasteiger partial charge on any atom is -0.472 e. The molecule has 7 nitrogen and oxygen atoms in total. The number of ether oxygens (including phenoxy) is 1. The third-order valence-electron chi connectivity index (χ3n) is 5.28. The zero-order valence-corrected chi connectivity index (χ0v) is 15.2. The highest BCUT2D eigenvalue weighted by molar-refractivity contribution is 5.93. The van der Waals surface area contributed by atoms with E-state index in [9.17, 15) is 4.79 Å². The Morgan fingerprint density at radius 3 is 3.19 bits per heavy atom. The molecule has 4 rings (SSSR count). The zero-order chi connectivity index (χ0) is 17.9. The quantitative estimate of drug-likeness (QED) is 0.885. The number of carbonyl (C=O) groups is 1. The number of nitrogens with one attached hydrogen (secondary N) is 1. The Morgan fingerprint density at radius 2 is 2.38 bits per heavy atom. The molecule has 0 radical (unpaired) electrons. The number of amides is 1. The molecule has 2 aliphatic rings. The van der Waals surface area contributed by atoms with Gasteiger partial charge in [-0.3, -0.25) is 14.4 Å². The molecule has 2 aromatic rings. The van der Waals surface area contributed by atoms with Crippen LogP contribution < -0.4 is 5.32 Å². The highest BCUT2D eigenvalue weighted by Crippen LogP contribution is 2.23. The van der Waals surface area contributed by atoms with E-state index in [0.29, 0.717) is 12.2 Å². The van der Waals surface area contributed by atoms with Crippen molar-refractivity contribution in [1.29, 1.82) is 0 Å². The average molecular weight is 358 g/mol. The molecule has 1 unspecified atom stereocenters. The summed E-state index contributed by atoms with van der Waals surface area (Å²) in [5.41, 5.74) is 4.30. The van der Waals surface area contributed by atoms with Gasteiger partial charge in [-0.15, -0.1) is 0 Å². The fourth-order valence-corrected chi connectivity index (χ4v) is 3.96. The topological polar surface area (TPSA) is 72.5 Å². The number of likely N-dealkylation sites (tertiary alicyclic amines) is 1. The number of aryl methyl sites for hydroxylation is 1. The van der Waals surface area contributed by atoms with E-state index in [-0.39, 0.29) is 11.9 Å². The van der Waals surface area contributed by atoms with E-state index in [1.165, 1.54) is 23.8 Å². The summed E-state index contributed by atoms with van der Waals surface area (Å²) in [5.74, 6) is -0.0633. The van der Waals surface area contributed by atoms with E-state index in [4.69, 9.17) is 14.3 Å². The lowest BCUT2D eigenvalue weighted by Gasteiger charge is -2.32. The van der Waals surface area contributed by atoms with Crippen molar-refractivity contribution in [3.8, 4) is 0 Å². The molecule has 0 spiro atoms. The first kappa shape index (κ1) is 17.3. The maximum atomic E-state index is 12.3. The van der Waals surface area contributed by atoms with Gasteiger partial charge in [0.25, 0.3) is 5.91 Å². The Labute approximate surface area is 153 Å². The van der Waals surface area contributed by atoms with Crippen LogP contribution in [0.1, 0.15) is 47.1 Å². The normalized spacial score (nSPS) is 20.7. The van der Waals surface area contributed by atoms with Crippen molar-refractivity contribution < 1.29 is 13.9 Å². The second kappa shape index (κ2) is 7.63. The van der Waals surface area contributed by atoms with Gasteiger partial charge in [-0.1, -0.05) is 0 Å². The van der Waals surface area contributed by atoms with Crippen LogP contribution in [-0.4, -0.2) is 46.3 Å². The number of hydrogen-bond acceptors (Lipinski definition) is 5. The molecule has 4 heterocycles. The standard InChI is InChI=1S/C19H26N4O3/c1-2-23-18-6-9-26-13-16(18)17(21-23)11-22-7-3-4-15(10-22)20-19(24)14-5-8-25-12-14/h5,8,12,15H,2-4,6-7,9-11,13H2,1H3,(H,20,24). The predicted molar refractivity (Wildman–Crippen MR) is 95.7 cm³/mol. The SMILES string of the molecule is CCn1nc(CN2CCCC(NC(=O)c3ccoc3)C2)c2c1CCOC2. The maximum absolute atomic E-state index is 12.3. The molecule has 7 heteroatoms. The molecule has 1 N–H and O–H groups in total. The van der Waals surface area contributed by atoms with Crippen LogP contribution in [0.4, 0.5) is 0 Å². The minimum absolute atomic E-state index is 0.0633. The van der Waals surface area contributed by atoms with Crippen molar-refractivity contribution in [3.63, 3.8) is 0 Å². The highest BCUT2D eigenvalue weighted by atomic mass is 16.5. The van der Waals surface area contributed by atoms with Crippen LogP contribution >= 0.6 is 0 Å². The Hall–Kier alpha value is -2.12. The maximum Gasteiger partial charge on any atom is 0.254 e. The van der Waals surface area contributed by atoms with E-state index in [1.54, 1.807) is 6.07 Å². The summed E-state index contributed by atoms with van der Waals surface area (Å²) in [5, 5.41) is 7.95.